The third-order valence-electron chi connectivity index (χ3n) is 4.28. The summed E-state index contributed by atoms with van der Waals surface area (Å²) in [6, 6.07) is 7.79. The fourth-order valence-corrected chi connectivity index (χ4v) is 2.94. The van der Waals surface area contributed by atoms with E-state index in [-0.39, 0.29) is 18.1 Å². The first-order valence-corrected chi connectivity index (χ1v) is 8.56. The summed E-state index contributed by atoms with van der Waals surface area (Å²) in [5.74, 6) is 0.866. The van der Waals surface area contributed by atoms with Crippen molar-refractivity contribution >= 4 is 11.7 Å². The number of aromatic nitrogens is 3. The van der Waals surface area contributed by atoms with Crippen LogP contribution in [0, 0.1) is 0 Å². The van der Waals surface area contributed by atoms with Gasteiger partial charge < -0.3 is 14.5 Å². The number of pyridine rings is 1. The molecule has 1 aliphatic heterocycles. The van der Waals surface area contributed by atoms with Crippen molar-refractivity contribution < 1.29 is 9.53 Å². The van der Waals surface area contributed by atoms with Gasteiger partial charge in [0.05, 0.1) is 18.8 Å². The maximum atomic E-state index is 12.9. The molecule has 1 saturated heterocycles. The fourth-order valence-electron chi connectivity index (χ4n) is 2.94. The van der Waals surface area contributed by atoms with Crippen LogP contribution in [0.15, 0.2) is 30.5 Å². The molecule has 134 valence electrons. The van der Waals surface area contributed by atoms with E-state index in [0.29, 0.717) is 25.4 Å². The van der Waals surface area contributed by atoms with E-state index in [1.54, 1.807) is 16.9 Å². The fraction of sp³-hybridized carbons (Fsp3) is 0.500. The summed E-state index contributed by atoms with van der Waals surface area (Å²) in [4.78, 5) is 21.3. The highest BCUT2D eigenvalue weighted by Crippen LogP contribution is 2.24. The second-order valence-electron chi connectivity index (χ2n) is 6.68. The van der Waals surface area contributed by atoms with Crippen molar-refractivity contribution in [1.82, 2.24) is 19.7 Å². The van der Waals surface area contributed by atoms with Crippen LogP contribution in [-0.4, -0.2) is 59.4 Å². The molecule has 2 aromatic rings. The van der Waals surface area contributed by atoms with E-state index in [1.165, 1.54) is 0 Å². The number of hydrogen-bond donors (Lipinski definition) is 0. The lowest BCUT2D eigenvalue weighted by Crippen LogP contribution is -2.43. The summed E-state index contributed by atoms with van der Waals surface area (Å²) in [7, 11) is 3.91. The Labute approximate surface area is 148 Å². The summed E-state index contributed by atoms with van der Waals surface area (Å²) in [6.45, 7) is 5.60. The predicted molar refractivity (Wildman–Crippen MR) is 95.8 cm³/mol. The van der Waals surface area contributed by atoms with Gasteiger partial charge in [0.15, 0.2) is 0 Å². The molecule has 0 aliphatic carbocycles. The Morgan fingerprint density at radius 1 is 1.32 bits per heavy atom. The van der Waals surface area contributed by atoms with E-state index in [2.05, 4.69) is 10.1 Å². The van der Waals surface area contributed by atoms with Crippen LogP contribution in [0.1, 0.15) is 42.2 Å². The summed E-state index contributed by atoms with van der Waals surface area (Å²) < 4.78 is 7.64. The lowest BCUT2D eigenvalue weighted by atomic mass is 10.1. The van der Waals surface area contributed by atoms with Crippen LogP contribution in [0.3, 0.4) is 0 Å². The zero-order chi connectivity index (χ0) is 18.0. The van der Waals surface area contributed by atoms with E-state index in [9.17, 15) is 4.79 Å². The smallest absolute Gasteiger partial charge is 0.272 e. The number of ether oxygens (including phenoxy) is 1. The second-order valence-corrected chi connectivity index (χ2v) is 6.68. The van der Waals surface area contributed by atoms with Gasteiger partial charge in [0.2, 0.25) is 0 Å². The molecule has 0 N–H and O–H groups in total. The minimum atomic E-state index is -0.215. The molecule has 0 bridgehead atoms. The zero-order valence-electron chi connectivity index (χ0n) is 15.2. The van der Waals surface area contributed by atoms with Crippen LogP contribution >= 0.6 is 0 Å². The largest absolute Gasteiger partial charge is 0.368 e. The average molecular weight is 343 g/mol. The molecule has 2 aromatic heterocycles. The van der Waals surface area contributed by atoms with Crippen molar-refractivity contribution in [2.24, 2.45) is 0 Å². The van der Waals surface area contributed by atoms with Gasteiger partial charge in [0.25, 0.3) is 5.91 Å². The van der Waals surface area contributed by atoms with Crippen molar-refractivity contribution in [1.29, 1.82) is 0 Å². The highest BCUT2D eigenvalue weighted by Gasteiger charge is 2.29. The van der Waals surface area contributed by atoms with E-state index in [4.69, 9.17) is 4.74 Å². The molecule has 3 rings (SSSR count). The Balaban J connectivity index is 1.78. The average Bonchev–Trinajstić information content (AvgIpc) is 3.11. The van der Waals surface area contributed by atoms with Crippen LogP contribution in [-0.2, 0) is 4.74 Å². The first-order valence-electron chi connectivity index (χ1n) is 8.56. The topological polar surface area (TPSA) is 63.5 Å². The maximum absolute atomic E-state index is 12.9. The lowest BCUT2D eigenvalue weighted by Gasteiger charge is -2.33. The molecule has 0 radical (unpaired) electrons. The molecule has 1 amide bonds. The van der Waals surface area contributed by atoms with E-state index < -0.39 is 0 Å². The van der Waals surface area contributed by atoms with Crippen molar-refractivity contribution in [3.05, 3.63) is 41.9 Å². The quantitative estimate of drug-likeness (QED) is 0.851. The van der Waals surface area contributed by atoms with Gasteiger partial charge in [-0.15, -0.1) is 0 Å². The number of morpholine rings is 1. The first kappa shape index (κ1) is 17.4. The van der Waals surface area contributed by atoms with Gasteiger partial charge in [-0.2, -0.15) is 5.10 Å². The lowest BCUT2D eigenvalue weighted by molar-refractivity contribution is -0.0251. The normalized spacial score (nSPS) is 17.8. The molecule has 0 spiro atoms. The SMILES string of the molecule is CC(C)n1nccc1C(=O)N1CCO[C@@H](c2cccc(N(C)C)n2)C1. The Hall–Kier alpha value is -2.41. The number of amides is 1. The molecular formula is C18H25N5O2. The molecule has 0 saturated carbocycles. The Morgan fingerprint density at radius 2 is 2.12 bits per heavy atom. The molecule has 7 nitrogen and oxygen atoms in total. The molecule has 0 unspecified atom stereocenters. The van der Waals surface area contributed by atoms with Crippen molar-refractivity contribution in [3.63, 3.8) is 0 Å². The molecule has 3 heterocycles. The van der Waals surface area contributed by atoms with Crippen LogP contribution in [0.25, 0.3) is 0 Å². The van der Waals surface area contributed by atoms with Crippen LogP contribution in [0.4, 0.5) is 5.82 Å². The number of carbonyl (C=O) groups excluding carboxylic acids is 1. The Morgan fingerprint density at radius 3 is 2.84 bits per heavy atom. The van der Waals surface area contributed by atoms with E-state index in [1.807, 2.05) is 55.9 Å². The van der Waals surface area contributed by atoms with Gasteiger partial charge in [0.1, 0.15) is 17.6 Å². The Bertz CT molecular complexity index is 741. The summed E-state index contributed by atoms with van der Waals surface area (Å²) in [5, 5.41) is 4.26. The third kappa shape index (κ3) is 3.66. The van der Waals surface area contributed by atoms with Gasteiger partial charge in [-0.25, -0.2) is 4.98 Å². The minimum absolute atomic E-state index is 0.0109. The van der Waals surface area contributed by atoms with Crippen LogP contribution in [0.5, 0.6) is 0 Å². The molecule has 1 aliphatic rings. The number of nitrogens with zero attached hydrogens (tertiary/aromatic N) is 5. The second kappa shape index (κ2) is 7.23. The molecule has 1 atom stereocenters. The van der Waals surface area contributed by atoms with Crippen LogP contribution in [0.2, 0.25) is 0 Å². The highest BCUT2D eigenvalue weighted by atomic mass is 16.5. The maximum Gasteiger partial charge on any atom is 0.272 e. The highest BCUT2D eigenvalue weighted by molar-refractivity contribution is 5.92. The van der Waals surface area contributed by atoms with E-state index in [0.717, 1.165) is 11.5 Å². The standard InChI is InChI=1S/C18H25N5O2/c1-13(2)23-15(8-9-19-23)18(24)22-10-11-25-16(12-22)14-6-5-7-17(20-14)21(3)4/h5-9,13,16H,10-12H2,1-4H3/t16-/m1/s1. The first-order chi connectivity index (χ1) is 12.0. The van der Waals surface area contributed by atoms with Gasteiger partial charge in [-0.05, 0) is 32.0 Å². The minimum Gasteiger partial charge on any atom is -0.368 e. The number of rotatable bonds is 4. The van der Waals surface area contributed by atoms with Crippen molar-refractivity contribution in [3.8, 4) is 0 Å². The summed E-state index contributed by atoms with van der Waals surface area (Å²) in [6.07, 6.45) is 1.46. The zero-order valence-corrected chi connectivity index (χ0v) is 15.2. The molecule has 25 heavy (non-hydrogen) atoms. The van der Waals surface area contributed by atoms with Gasteiger partial charge in [-0.3, -0.25) is 9.48 Å². The molecule has 1 fully saturated rings. The van der Waals surface area contributed by atoms with Crippen LogP contribution < -0.4 is 4.90 Å². The van der Waals surface area contributed by atoms with E-state index >= 15 is 0 Å². The molecule has 0 aromatic carbocycles. The number of carbonyl (C=O) groups is 1. The van der Waals surface area contributed by atoms with Crippen molar-refractivity contribution in [2.75, 3.05) is 38.7 Å². The molecular weight excluding hydrogens is 318 g/mol. The number of anilines is 1. The summed E-state index contributed by atoms with van der Waals surface area (Å²) in [5.41, 5.74) is 1.46. The monoisotopic (exact) mass is 343 g/mol. The van der Waals surface area contributed by atoms with Crippen molar-refractivity contribution in [2.45, 2.75) is 26.0 Å². The van der Waals surface area contributed by atoms with Gasteiger partial charge >= 0.3 is 0 Å². The van der Waals surface area contributed by atoms with Gasteiger partial charge in [-0.1, -0.05) is 6.07 Å². The summed E-state index contributed by atoms with van der Waals surface area (Å²) >= 11 is 0. The molecule has 7 heteroatoms. The third-order valence-corrected chi connectivity index (χ3v) is 4.28. The Kier molecular flexibility index (Phi) is 5.03. The number of hydrogen-bond acceptors (Lipinski definition) is 5. The van der Waals surface area contributed by atoms with Gasteiger partial charge in [0, 0.05) is 32.9 Å². The predicted octanol–water partition coefficient (Wildman–Crippen LogP) is 2.14.